The highest BCUT2D eigenvalue weighted by Gasteiger charge is 2.24. The quantitative estimate of drug-likeness (QED) is 0.713. The van der Waals surface area contributed by atoms with Gasteiger partial charge in [0.25, 0.3) is 5.91 Å². The number of anilines is 2. The molecule has 3 heterocycles. The fraction of sp³-hybridized carbons (Fsp3) is 0.286. The Hall–Kier alpha value is -2.86. The van der Waals surface area contributed by atoms with Gasteiger partial charge in [-0.05, 0) is 54.7 Å². The highest BCUT2D eigenvalue weighted by molar-refractivity contribution is 6.30. The number of amides is 1. The van der Waals surface area contributed by atoms with E-state index in [0.717, 1.165) is 31.7 Å². The number of aryl methyl sites for hydroxylation is 1. The van der Waals surface area contributed by atoms with Crippen LogP contribution in [0.2, 0.25) is 5.02 Å². The van der Waals surface area contributed by atoms with E-state index in [2.05, 4.69) is 26.5 Å². The molecule has 1 saturated heterocycles. The third-order valence-corrected chi connectivity index (χ3v) is 5.22. The maximum atomic E-state index is 12.4. The summed E-state index contributed by atoms with van der Waals surface area (Å²) in [6.45, 7) is 1.95. The number of halogens is 1. The molecule has 1 aliphatic rings. The van der Waals surface area contributed by atoms with Crippen molar-refractivity contribution in [3.63, 3.8) is 0 Å². The Morgan fingerprint density at radius 3 is 2.89 bits per heavy atom. The Kier molecular flexibility index (Phi) is 5.30. The third kappa shape index (κ3) is 4.34. The zero-order chi connectivity index (χ0) is 19.5. The Bertz CT molecular complexity index is 969. The molecule has 3 aromatic rings. The van der Waals surface area contributed by atoms with Crippen molar-refractivity contribution in [3.05, 3.63) is 71.1 Å². The Morgan fingerprint density at radius 1 is 1.29 bits per heavy atom. The van der Waals surface area contributed by atoms with Crippen LogP contribution in [0.3, 0.4) is 0 Å². The number of hydrogen-bond donors (Lipinski definition) is 1. The molecule has 7 heteroatoms. The van der Waals surface area contributed by atoms with Crippen molar-refractivity contribution in [2.24, 2.45) is 13.0 Å². The van der Waals surface area contributed by atoms with Crippen LogP contribution in [-0.2, 0) is 13.5 Å². The van der Waals surface area contributed by atoms with E-state index in [1.165, 1.54) is 5.56 Å². The van der Waals surface area contributed by atoms with Crippen LogP contribution in [0.4, 0.5) is 11.5 Å². The molecule has 144 valence electrons. The van der Waals surface area contributed by atoms with E-state index >= 15 is 0 Å². The van der Waals surface area contributed by atoms with Gasteiger partial charge in [0.15, 0.2) is 0 Å². The Balaban J connectivity index is 1.36. The SMILES string of the molecule is Cn1cc(CC2CCN(c3ccc(C(=O)Nc4cccc(Cl)c4)cn3)C2)cn1. The van der Waals surface area contributed by atoms with E-state index in [4.69, 9.17) is 11.6 Å². The summed E-state index contributed by atoms with van der Waals surface area (Å²) in [6, 6.07) is 10.8. The maximum absolute atomic E-state index is 12.4. The van der Waals surface area contributed by atoms with Crippen molar-refractivity contribution in [1.29, 1.82) is 0 Å². The van der Waals surface area contributed by atoms with Gasteiger partial charge in [0, 0.05) is 43.2 Å². The molecule has 1 amide bonds. The number of nitrogens with one attached hydrogen (secondary N) is 1. The molecule has 1 aliphatic heterocycles. The number of hydrogen-bond acceptors (Lipinski definition) is 4. The van der Waals surface area contributed by atoms with Gasteiger partial charge in [-0.1, -0.05) is 17.7 Å². The number of aromatic nitrogens is 3. The topological polar surface area (TPSA) is 63.1 Å². The predicted octanol–water partition coefficient (Wildman–Crippen LogP) is 3.79. The van der Waals surface area contributed by atoms with Crippen LogP contribution in [0.5, 0.6) is 0 Å². The van der Waals surface area contributed by atoms with Gasteiger partial charge in [0.05, 0.1) is 11.8 Å². The molecule has 4 rings (SSSR count). The molecule has 1 aromatic carbocycles. The van der Waals surface area contributed by atoms with Gasteiger partial charge < -0.3 is 10.2 Å². The second-order valence-electron chi connectivity index (χ2n) is 7.20. The molecule has 0 aliphatic carbocycles. The first kappa shape index (κ1) is 18.5. The van der Waals surface area contributed by atoms with E-state index in [9.17, 15) is 4.79 Å². The molecule has 2 aromatic heterocycles. The summed E-state index contributed by atoms with van der Waals surface area (Å²) < 4.78 is 1.84. The summed E-state index contributed by atoms with van der Waals surface area (Å²) in [7, 11) is 1.94. The summed E-state index contributed by atoms with van der Waals surface area (Å²) >= 11 is 5.96. The van der Waals surface area contributed by atoms with Crippen molar-refractivity contribution in [3.8, 4) is 0 Å². The van der Waals surface area contributed by atoms with Crippen LogP contribution in [-0.4, -0.2) is 33.8 Å². The minimum atomic E-state index is -0.197. The second-order valence-corrected chi connectivity index (χ2v) is 7.63. The molecule has 0 radical (unpaired) electrons. The summed E-state index contributed by atoms with van der Waals surface area (Å²) in [5.41, 5.74) is 2.46. The minimum Gasteiger partial charge on any atom is -0.356 e. The van der Waals surface area contributed by atoms with Crippen LogP contribution < -0.4 is 10.2 Å². The first-order valence-corrected chi connectivity index (χ1v) is 9.70. The molecule has 0 bridgehead atoms. The van der Waals surface area contributed by atoms with Gasteiger partial charge in [-0.15, -0.1) is 0 Å². The van der Waals surface area contributed by atoms with Crippen molar-refractivity contribution in [2.45, 2.75) is 12.8 Å². The van der Waals surface area contributed by atoms with Crippen LogP contribution in [0, 0.1) is 5.92 Å². The maximum Gasteiger partial charge on any atom is 0.257 e. The standard InChI is InChI=1S/C21H22ClN5O/c1-26-13-16(11-24-26)9-15-7-8-27(14-15)20-6-5-17(12-23-20)21(28)25-19-4-2-3-18(22)10-19/h2-6,10-13,15H,7-9,14H2,1H3,(H,25,28). The average Bonchev–Trinajstić information content (AvgIpc) is 3.31. The molecule has 1 atom stereocenters. The Labute approximate surface area is 169 Å². The van der Waals surface area contributed by atoms with Crippen molar-refractivity contribution in [1.82, 2.24) is 14.8 Å². The lowest BCUT2D eigenvalue weighted by Gasteiger charge is -2.17. The lowest BCUT2D eigenvalue weighted by molar-refractivity contribution is 0.102. The van der Waals surface area contributed by atoms with Crippen LogP contribution >= 0.6 is 11.6 Å². The molecular formula is C21H22ClN5O. The van der Waals surface area contributed by atoms with E-state index in [1.807, 2.05) is 30.1 Å². The smallest absolute Gasteiger partial charge is 0.257 e. The molecule has 1 N–H and O–H groups in total. The number of carbonyl (C=O) groups is 1. The average molecular weight is 396 g/mol. The third-order valence-electron chi connectivity index (χ3n) is 4.99. The Morgan fingerprint density at radius 2 is 2.18 bits per heavy atom. The van der Waals surface area contributed by atoms with Crippen LogP contribution in [0.1, 0.15) is 22.3 Å². The van der Waals surface area contributed by atoms with Gasteiger partial charge in [-0.2, -0.15) is 5.10 Å². The number of benzene rings is 1. The van der Waals surface area contributed by atoms with E-state index in [0.29, 0.717) is 22.2 Å². The molecule has 1 unspecified atom stereocenters. The zero-order valence-electron chi connectivity index (χ0n) is 15.7. The van der Waals surface area contributed by atoms with Crippen LogP contribution in [0.15, 0.2) is 55.0 Å². The predicted molar refractivity (Wildman–Crippen MR) is 111 cm³/mol. The van der Waals surface area contributed by atoms with Crippen molar-refractivity contribution in [2.75, 3.05) is 23.3 Å². The van der Waals surface area contributed by atoms with Crippen LogP contribution in [0.25, 0.3) is 0 Å². The van der Waals surface area contributed by atoms with E-state index < -0.39 is 0 Å². The summed E-state index contributed by atoms with van der Waals surface area (Å²) in [5.74, 6) is 1.31. The summed E-state index contributed by atoms with van der Waals surface area (Å²) in [4.78, 5) is 19.2. The van der Waals surface area contributed by atoms with Crippen molar-refractivity contribution >= 4 is 29.0 Å². The van der Waals surface area contributed by atoms with Gasteiger partial charge >= 0.3 is 0 Å². The van der Waals surface area contributed by atoms with Crippen molar-refractivity contribution < 1.29 is 4.79 Å². The number of carbonyl (C=O) groups excluding carboxylic acids is 1. The number of rotatable bonds is 5. The van der Waals surface area contributed by atoms with Gasteiger partial charge in [0.2, 0.25) is 0 Å². The molecule has 6 nitrogen and oxygen atoms in total. The monoisotopic (exact) mass is 395 g/mol. The first-order chi connectivity index (χ1) is 13.6. The number of pyridine rings is 1. The lowest BCUT2D eigenvalue weighted by Crippen LogP contribution is -2.21. The second kappa shape index (κ2) is 8.02. The lowest BCUT2D eigenvalue weighted by atomic mass is 10.0. The van der Waals surface area contributed by atoms with Gasteiger partial charge in [-0.25, -0.2) is 4.98 Å². The zero-order valence-corrected chi connectivity index (χ0v) is 16.4. The molecule has 28 heavy (non-hydrogen) atoms. The fourth-order valence-electron chi connectivity index (χ4n) is 3.59. The molecule has 1 fully saturated rings. The number of nitrogens with zero attached hydrogens (tertiary/aromatic N) is 4. The first-order valence-electron chi connectivity index (χ1n) is 9.32. The molecule has 0 saturated carbocycles. The normalized spacial score (nSPS) is 16.4. The summed E-state index contributed by atoms with van der Waals surface area (Å²) in [5, 5.41) is 7.67. The highest BCUT2D eigenvalue weighted by atomic mass is 35.5. The highest BCUT2D eigenvalue weighted by Crippen LogP contribution is 2.25. The largest absolute Gasteiger partial charge is 0.356 e. The van der Waals surface area contributed by atoms with E-state index in [-0.39, 0.29) is 5.91 Å². The fourth-order valence-corrected chi connectivity index (χ4v) is 3.79. The van der Waals surface area contributed by atoms with E-state index in [1.54, 1.807) is 30.5 Å². The van der Waals surface area contributed by atoms with Gasteiger partial charge in [-0.3, -0.25) is 9.48 Å². The molecule has 0 spiro atoms. The summed E-state index contributed by atoms with van der Waals surface area (Å²) in [6.07, 6.45) is 7.81. The molecular weight excluding hydrogens is 374 g/mol. The van der Waals surface area contributed by atoms with Gasteiger partial charge in [0.1, 0.15) is 5.82 Å². The minimum absolute atomic E-state index is 0.197.